The number of aryl methyl sites for hydroxylation is 2. The minimum absolute atomic E-state index is 0.0126. The quantitative estimate of drug-likeness (QED) is 0.730. The van der Waals surface area contributed by atoms with Gasteiger partial charge in [-0.25, -0.2) is 0 Å². The molecule has 1 heteroatoms. The molecular formula is C16H23N. The Kier molecular flexibility index (Phi) is 2.96. The van der Waals surface area contributed by atoms with Crippen molar-refractivity contribution in [2.24, 2.45) is 5.73 Å². The Morgan fingerprint density at radius 3 is 2.29 bits per heavy atom. The summed E-state index contributed by atoms with van der Waals surface area (Å²) in [6, 6.07) is 7.07. The van der Waals surface area contributed by atoms with Crippen molar-refractivity contribution in [1.82, 2.24) is 0 Å². The maximum absolute atomic E-state index is 6.55. The second-order valence-electron chi connectivity index (χ2n) is 5.91. The highest BCUT2D eigenvalue weighted by Gasteiger charge is 2.31. The molecule has 1 aromatic carbocycles. The first-order valence-electron chi connectivity index (χ1n) is 7.19. The van der Waals surface area contributed by atoms with E-state index < -0.39 is 0 Å². The van der Waals surface area contributed by atoms with E-state index in [0.717, 1.165) is 0 Å². The van der Waals surface area contributed by atoms with Crippen molar-refractivity contribution in [2.75, 3.05) is 0 Å². The molecule has 0 amide bonds. The van der Waals surface area contributed by atoms with Gasteiger partial charge < -0.3 is 5.73 Å². The fourth-order valence-corrected chi connectivity index (χ4v) is 3.51. The van der Waals surface area contributed by atoms with Gasteiger partial charge in [0.15, 0.2) is 0 Å². The molecule has 2 N–H and O–H groups in total. The van der Waals surface area contributed by atoms with Crippen molar-refractivity contribution in [3.63, 3.8) is 0 Å². The fourth-order valence-electron chi connectivity index (χ4n) is 3.51. The van der Waals surface area contributed by atoms with Crippen LogP contribution < -0.4 is 5.73 Å². The van der Waals surface area contributed by atoms with E-state index in [1.807, 2.05) is 0 Å². The Balaban J connectivity index is 1.94. The first-order chi connectivity index (χ1) is 8.28. The summed E-state index contributed by atoms with van der Waals surface area (Å²) in [4.78, 5) is 0. The molecule has 2 aliphatic rings. The molecule has 0 bridgehead atoms. The summed E-state index contributed by atoms with van der Waals surface area (Å²) < 4.78 is 0. The van der Waals surface area contributed by atoms with Crippen molar-refractivity contribution in [3.05, 3.63) is 34.9 Å². The summed E-state index contributed by atoms with van der Waals surface area (Å²) in [5, 5.41) is 0. The van der Waals surface area contributed by atoms with Crippen LogP contribution in [0.1, 0.15) is 61.6 Å². The molecule has 0 unspecified atom stereocenters. The van der Waals surface area contributed by atoms with Gasteiger partial charge in [-0.1, -0.05) is 37.5 Å². The van der Waals surface area contributed by atoms with Crippen LogP contribution in [-0.2, 0) is 18.4 Å². The molecule has 0 saturated heterocycles. The highest BCUT2D eigenvalue weighted by atomic mass is 14.8. The lowest BCUT2D eigenvalue weighted by Crippen LogP contribution is -2.33. The van der Waals surface area contributed by atoms with Crippen LogP contribution >= 0.6 is 0 Å². The van der Waals surface area contributed by atoms with Crippen molar-refractivity contribution in [3.8, 4) is 0 Å². The van der Waals surface area contributed by atoms with Gasteiger partial charge in [0.2, 0.25) is 0 Å². The first-order valence-corrected chi connectivity index (χ1v) is 7.19. The molecule has 0 spiro atoms. The zero-order chi connectivity index (χ0) is 11.7. The number of benzene rings is 1. The van der Waals surface area contributed by atoms with Crippen LogP contribution in [0.3, 0.4) is 0 Å². The van der Waals surface area contributed by atoms with Gasteiger partial charge in [-0.3, -0.25) is 0 Å². The smallest absolute Gasteiger partial charge is 0.0409 e. The molecule has 92 valence electrons. The number of hydrogen-bond acceptors (Lipinski definition) is 1. The van der Waals surface area contributed by atoms with E-state index in [-0.39, 0.29) is 5.54 Å². The SMILES string of the molecule is NC1(c2ccc3c(c2)CCCCC3)CCCC1. The van der Waals surface area contributed by atoms with E-state index in [4.69, 9.17) is 5.73 Å². The molecule has 0 aliphatic heterocycles. The van der Waals surface area contributed by atoms with Crippen LogP contribution in [0.2, 0.25) is 0 Å². The normalized spacial score (nSPS) is 23.1. The van der Waals surface area contributed by atoms with Gasteiger partial charge in [0.05, 0.1) is 0 Å². The van der Waals surface area contributed by atoms with E-state index >= 15 is 0 Å². The molecule has 1 nitrogen and oxygen atoms in total. The maximum Gasteiger partial charge on any atom is 0.0409 e. The van der Waals surface area contributed by atoms with Gasteiger partial charge in [-0.05, 0) is 55.2 Å². The van der Waals surface area contributed by atoms with Crippen molar-refractivity contribution in [1.29, 1.82) is 0 Å². The molecule has 0 atom stereocenters. The minimum Gasteiger partial charge on any atom is -0.321 e. The lowest BCUT2D eigenvalue weighted by molar-refractivity contribution is 0.461. The molecule has 3 rings (SSSR count). The zero-order valence-corrected chi connectivity index (χ0v) is 10.7. The van der Waals surface area contributed by atoms with Crippen molar-refractivity contribution in [2.45, 2.75) is 63.3 Å². The van der Waals surface area contributed by atoms with Crippen molar-refractivity contribution < 1.29 is 0 Å². The predicted octanol–water partition coefficient (Wildman–Crippen LogP) is 3.68. The summed E-state index contributed by atoms with van der Waals surface area (Å²) in [7, 11) is 0. The van der Waals surface area contributed by atoms with Crippen LogP contribution in [0.15, 0.2) is 18.2 Å². The maximum atomic E-state index is 6.55. The molecule has 0 aromatic heterocycles. The summed E-state index contributed by atoms with van der Waals surface area (Å²) in [5.74, 6) is 0. The lowest BCUT2D eigenvalue weighted by Gasteiger charge is -2.25. The van der Waals surface area contributed by atoms with Crippen LogP contribution in [0.5, 0.6) is 0 Å². The lowest BCUT2D eigenvalue weighted by atomic mass is 9.86. The monoisotopic (exact) mass is 229 g/mol. The Morgan fingerprint density at radius 1 is 0.824 bits per heavy atom. The Labute approximate surface area is 104 Å². The average Bonchev–Trinajstić information content (AvgIpc) is 2.65. The van der Waals surface area contributed by atoms with Gasteiger partial charge in [0.1, 0.15) is 0 Å². The van der Waals surface area contributed by atoms with Crippen molar-refractivity contribution >= 4 is 0 Å². The third kappa shape index (κ3) is 2.13. The van der Waals surface area contributed by atoms with Gasteiger partial charge >= 0.3 is 0 Å². The molecule has 0 radical (unpaired) electrons. The highest BCUT2D eigenvalue weighted by molar-refractivity contribution is 5.37. The number of hydrogen-bond donors (Lipinski definition) is 1. The van der Waals surface area contributed by atoms with Crippen LogP contribution in [0.25, 0.3) is 0 Å². The second kappa shape index (κ2) is 4.45. The number of rotatable bonds is 1. The topological polar surface area (TPSA) is 26.0 Å². The molecule has 2 aliphatic carbocycles. The van der Waals surface area contributed by atoms with E-state index in [0.29, 0.717) is 0 Å². The van der Waals surface area contributed by atoms with Gasteiger partial charge in [-0.15, -0.1) is 0 Å². The fraction of sp³-hybridized carbons (Fsp3) is 0.625. The average molecular weight is 229 g/mol. The zero-order valence-electron chi connectivity index (χ0n) is 10.7. The Morgan fingerprint density at radius 2 is 1.53 bits per heavy atom. The van der Waals surface area contributed by atoms with Crippen LogP contribution in [0, 0.1) is 0 Å². The summed E-state index contributed by atoms with van der Waals surface area (Å²) >= 11 is 0. The third-order valence-corrected chi connectivity index (χ3v) is 4.67. The Bertz CT molecular complexity index is 402. The molecule has 17 heavy (non-hydrogen) atoms. The van der Waals surface area contributed by atoms with E-state index in [9.17, 15) is 0 Å². The minimum atomic E-state index is -0.0126. The number of fused-ring (bicyclic) bond motifs is 1. The molecular weight excluding hydrogens is 206 g/mol. The second-order valence-corrected chi connectivity index (χ2v) is 5.91. The number of nitrogens with two attached hydrogens (primary N) is 1. The third-order valence-electron chi connectivity index (χ3n) is 4.67. The standard InChI is InChI=1S/C16H23N/c17-16(10-4-5-11-16)15-9-8-13-6-2-1-3-7-14(13)12-15/h8-9,12H,1-7,10-11,17H2. The molecule has 1 aromatic rings. The first kappa shape index (κ1) is 11.3. The van der Waals surface area contributed by atoms with E-state index in [1.165, 1.54) is 63.4 Å². The van der Waals surface area contributed by atoms with Crippen LogP contribution in [0.4, 0.5) is 0 Å². The van der Waals surface area contributed by atoms with Gasteiger partial charge in [0.25, 0.3) is 0 Å². The molecule has 1 saturated carbocycles. The summed E-state index contributed by atoms with van der Waals surface area (Å²) in [6.07, 6.45) is 11.6. The Hall–Kier alpha value is -0.820. The van der Waals surface area contributed by atoms with E-state index in [2.05, 4.69) is 18.2 Å². The molecule has 1 fully saturated rings. The predicted molar refractivity (Wildman–Crippen MR) is 72.0 cm³/mol. The van der Waals surface area contributed by atoms with Gasteiger partial charge in [-0.2, -0.15) is 0 Å². The summed E-state index contributed by atoms with van der Waals surface area (Å²) in [5.41, 5.74) is 11.1. The highest BCUT2D eigenvalue weighted by Crippen LogP contribution is 2.37. The molecule has 0 heterocycles. The summed E-state index contributed by atoms with van der Waals surface area (Å²) in [6.45, 7) is 0. The van der Waals surface area contributed by atoms with Crippen LogP contribution in [-0.4, -0.2) is 0 Å². The van der Waals surface area contributed by atoms with Gasteiger partial charge in [0, 0.05) is 5.54 Å². The van der Waals surface area contributed by atoms with E-state index in [1.54, 1.807) is 11.1 Å². The largest absolute Gasteiger partial charge is 0.321 e.